The third-order valence-electron chi connectivity index (χ3n) is 6.70. The van der Waals surface area contributed by atoms with E-state index < -0.39 is 22.2 Å². The van der Waals surface area contributed by atoms with Crippen LogP contribution in [0.3, 0.4) is 0 Å². The first-order valence-corrected chi connectivity index (χ1v) is 13.3. The van der Waals surface area contributed by atoms with Gasteiger partial charge in [-0.25, -0.2) is 8.42 Å². The molecule has 2 aliphatic carbocycles. The van der Waals surface area contributed by atoms with Gasteiger partial charge in [-0.15, -0.1) is 0 Å². The van der Waals surface area contributed by atoms with Crippen LogP contribution in [0, 0.1) is 29.6 Å². The number of amides is 1. The van der Waals surface area contributed by atoms with Gasteiger partial charge in [0.25, 0.3) is 0 Å². The van der Waals surface area contributed by atoms with Crippen LogP contribution in [0.15, 0.2) is 23.1 Å². The van der Waals surface area contributed by atoms with Crippen molar-refractivity contribution in [1.29, 1.82) is 0 Å². The smallest absolute Gasteiger partial charge is 0.247 e. The van der Waals surface area contributed by atoms with E-state index in [0.717, 1.165) is 25.7 Å². The molecular weight excluding hydrogens is 440 g/mol. The Hall–Kier alpha value is -2.08. The zero-order chi connectivity index (χ0) is 23.8. The second-order valence-corrected chi connectivity index (χ2v) is 11.7. The Morgan fingerprint density at radius 3 is 2.67 bits per heavy atom. The van der Waals surface area contributed by atoms with Gasteiger partial charge in [-0.05, 0) is 56.7 Å². The predicted octanol–water partition coefficient (Wildman–Crippen LogP) is 2.48. The van der Waals surface area contributed by atoms with Crippen LogP contribution >= 0.6 is 0 Å². The molecule has 7 nitrogen and oxygen atoms in total. The average molecular weight is 475 g/mol. The maximum absolute atomic E-state index is 13.5. The fourth-order valence-corrected chi connectivity index (χ4v) is 5.86. The van der Waals surface area contributed by atoms with Crippen molar-refractivity contribution in [2.45, 2.75) is 63.0 Å². The number of aliphatic hydroxyl groups is 1. The Kier molecular flexibility index (Phi) is 7.04. The van der Waals surface area contributed by atoms with E-state index in [0.29, 0.717) is 30.4 Å². The van der Waals surface area contributed by atoms with Crippen LogP contribution in [-0.4, -0.2) is 67.5 Å². The molecule has 180 valence electrons. The predicted molar refractivity (Wildman–Crippen MR) is 125 cm³/mol. The van der Waals surface area contributed by atoms with Gasteiger partial charge in [-0.2, -0.15) is 4.31 Å². The number of fused-ring (bicyclic) bond motifs is 1. The number of hydrogen-bond donors (Lipinski definition) is 1. The summed E-state index contributed by atoms with van der Waals surface area (Å²) in [6.07, 6.45) is 4.60. The van der Waals surface area contributed by atoms with Crippen molar-refractivity contribution in [1.82, 2.24) is 9.21 Å². The van der Waals surface area contributed by atoms with Crippen LogP contribution in [0.4, 0.5) is 0 Å². The molecule has 4 rings (SSSR count). The molecule has 1 N–H and O–H groups in total. The number of hydrogen-bond acceptors (Lipinski definition) is 5. The lowest BCUT2D eigenvalue weighted by atomic mass is 10.0. The van der Waals surface area contributed by atoms with Gasteiger partial charge in [0, 0.05) is 43.5 Å². The van der Waals surface area contributed by atoms with E-state index >= 15 is 0 Å². The maximum Gasteiger partial charge on any atom is 0.247 e. The van der Waals surface area contributed by atoms with E-state index in [9.17, 15) is 18.3 Å². The van der Waals surface area contributed by atoms with E-state index in [2.05, 4.69) is 11.8 Å². The number of benzene rings is 1. The average Bonchev–Trinajstić information content (AvgIpc) is 3.70. The lowest BCUT2D eigenvalue weighted by molar-refractivity contribution is -0.131. The molecule has 3 aliphatic rings. The third-order valence-corrected chi connectivity index (χ3v) is 8.72. The van der Waals surface area contributed by atoms with E-state index in [1.807, 2.05) is 6.92 Å². The van der Waals surface area contributed by atoms with E-state index in [1.54, 1.807) is 37.1 Å². The van der Waals surface area contributed by atoms with Crippen molar-refractivity contribution in [2.24, 2.45) is 17.8 Å². The third kappa shape index (κ3) is 5.71. The fraction of sp³-hybridized carbons (Fsp3) is 0.640. The summed E-state index contributed by atoms with van der Waals surface area (Å²) in [5, 5.41) is 9.75. The first-order chi connectivity index (χ1) is 15.7. The molecule has 1 aliphatic heterocycles. The molecule has 0 bridgehead atoms. The molecule has 2 fully saturated rings. The monoisotopic (exact) mass is 474 g/mol. The van der Waals surface area contributed by atoms with Gasteiger partial charge in [0.1, 0.15) is 16.7 Å². The summed E-state index contributed by atoms with van der Waals surface area (Å²) in [5.74, 6) is 7.42. The highest BCUT2D eigenvalue weighted by Crippen LogP contribution is 2.35. The molecule has 0 radical (unpaired) electrons. The highest BCUT2D eigenvalue weighted by molar-refractivity contribution is 7.89. The van der Waals surface area contributed by atoms with Gasteiger partial charge in [0.05, 0.1) is 13.2 Å². The molecular formula is C25H34N2O5S. The normalized spacial score (nSPS) is 25.5. The fourth-order valence-electron chi connectivity index (χ4n) is 4.03. The van der Waals surface area contributed by atoms with E-state index in [-0.39, 0.29) is 35.6 Å². The minimum atomic E-state index is -3.88. The van der Waals surface area contributed by atoms with Gasteiger partial charge in [-0.3, -0.25) is 4.79 Å². The summed E-state index contributed by atoms with van der Waals surface area (Å²) in [6, 6.07) is 4.38. The van der Waals surface area contributed by atoms with E-state index in [1.165, 1.54) is 4.31 Å². The molecule has 1 amide bonds. The van der Waals surface area contributed by atoms with Crippen molar-refractivity contribution in [2.75, 3.05) is 26.7 Å². The molecule has 8 heteroatoms. The SMILES string of the molecule is C[C@H](CO)N1C[C@H](C)[C@H](CN(C)C(=O)CC2CC2)Oc2cc(C#CC3CC3)ccc2S1(=O)=O. The van der Waals surface area contributed by atoms with Crippen LogP contribution in [0.25, 0.3) is 0 Å². The summed E-state index contributed by atoms with van der Waals surface area (Å²) in [7, 11) is -2.10. The van der Waals surface area contributed by atoms with Crippen LogP contribution in [-0.2, 0) is 14.8 Å². The number of carbonyl (C=O) groups is 1. The number of nitrogens with zero attached hydrogens (tertiary/aromatic N) is 2. The zero-order valence-corrected chi connectivity index (χ0v) is 20.5. The minimum absolute atomic E-state index is 0.0728. The van der Waals surface area contributed by atoms with Crippen molar-refractivity contribution >= 4 is 15.9 Å². The molecule has 0 aromatic heterocycles. The minimum Gasteiger partial charge on any atom is -0.487 e. The molecule has 0 unspecified atom stereocenters. The summed E-state index contributed by atoms with van der Waals surface area (Å²) in [4.78, 5) is 14.4. The Bertz CT molecular complexity index is 1050. The number of aliphatic hydroxyl groups excluding tert-OH is 1. The second-order valence-electron chi connectivity index (χ2n) is 9.87. The topological polar surface area (TPSA) is 87.2 Å². The van der Waals surface area contributed by atoms with Crippen LogP contribution < -0.4 is 4.74 Å². The maximum atomic E-state index is 13.5. The highest BCUT2D eigenvalue weighted by atomic mass is 32.2. The van der Waals surface area contributed by atoms with Crippen molar-refractivity contribution in [3.8, 4) is 17.6 Å². The number of likely N-dealkylation sites (N-methyl/N-ethyl adjacent to an activating group) is 1. The van der Waals surface area contributed by atoms with Crippen LogP contribution in [0.5, 0.6) is 5.75 Å². The zero-order valence-electron chi connectivity index (χ0n) is 19.7. The largest absolute Gasteiger partial charge is 0.487 e. The number of carbonyl (C=O) groups excluding carboxylic acids is 1. The molecule has 0 spiro atoms. The molecule has 33 heavy (non-hydrogen) atoms. The summed E-state index contributed by atoms with van der Waals surface area (Å²) in [6.45, 7) is 3.91. The van der Waals surface area contributed by atoms with Crippen molar-refractivity contribution in [3.05, 3.63) is 23.8 Å². The molecule has 1 aromatic rings. The Morgan fingerprint density at radius 1 is 1.30 bits per heavy atom. The molecule has 1 aromatic carbocycles. The van der Waals surface area contributed by atoms with Gasteiger partial charge >= 0.3 is 0 Å². The lowest BCUT2D eigenvalue weighted by Gasteiger charge is -2.37. The molecule has 3 atom stereocenters. The summed E-state index contributed by atoms with van der Waals surface area (Å²) >= 11 is 0. The second kappa shape index (κ2) is 9.65. The summed E-state index contributed by atoms with van der Waals surface area (Å²) in [5.41, 5.74) is 0.711. The van der Waals surface area contributed by atoms with Gasteiger partial charge < -0.3 is 14.7 Å². The van der Waals surface area contributed by atoms with Gasteiger partial charge in [-0.1, -0.05) is 18.8 Å². The number of ether oxygens (including phenoxy) is 1. The van der Waals surface area contributed by atoms with Gasteiger partial charge in [0.15, 0.2) is 0 Å². The standard InChI is InChI=1S/C25H34N2O5S/c1-17-14-27(18(2)16-28)33(30,31)24-11-10-20(7-6-19-4-5-19)12-22(24)32-23(17)15-26(3)25(29)13-21-8-9-21/h10-12,17-19,21,23,28H,4-5,8-9,13-16H2,1-3H3/t17-,18+,23-/m0/s1. The molecule has 0 saturated heterocycles. The van der Waals surface area contributed by atoms with Gasteiger partial charge in [0.2, 0.25) is 15.9 Å². The Balaban J connectivity index is 1.67. The van der Waals surface area contributed by atoms with E-state index in [4.69, 9.17) is 4.74 Å². The van der Waals surface area contributed by atoms with Crippen molar-refractivity contribution < 1.29 is 23.1 Å². The van der Waals surface area contributed by atoms with Crippen molar-refractivity contribution in [3.63, 3.8) is 0 Å². The lowest BCUT2D eigenvalue weighted by Crippen LogP contribution is -2.50. The summed E-state index contributed by atoms with van der Waals surface area (Å²) < 4.78 is 34.7. The highest BCUT2D eigenvalue weighted by Gasteiger charge is 2.38. The Morgan fingerprint density at radius 2 is 2.03 bits per heavy atom. The first-order valence-electron chi connectivity index (χ1n) is 11.9. The quantitative estimate of drug-likeness (QED) is 0.640. The van der Waals surface area contributed by atoms with Crippen LogP contribution in [0.2, 0.25) is 0 Å². The van der Waals surface area contributed by atoms with Crippen LogP contribution in [0.1, 0.15) is 51.5 Å². The molecule has 2 saturated carbocycles. The first kappa shape index (κ1) is 24.1. The number of sulfonamides is 1. The number of rotatable bonds is 6. The molecule has 1 heterocycles. The Labute approximate surface area is 197 Å².